The number of nitrogens with zero attached hydrogens (tertiary/aromatic N) is 1. The van der Waals surface area contributed by atoms with Crippen LogP contribution >= 0.6 is 0 Å². The molecule has 1 aliphatic rings. The molecule has 1 aromatic rings. The van der Waals surface area contributed by atoms with E-state index in [0.717, 1.165) is 17.7 Å². The van der Waals surface area contributed by atoms with Crippen LogP contribution in [0.15, 0.2) is 31.0 Å². The Morgan fingerprint density at radius 1 is 1.36 bits per heavy atom. The number of aryl methyl sites for hydroxylation is 1. The summed E-state index contributed by atoms with van der Waals surface area (Å²) < 4.78 is 38.2. The summed E-state index contributed by atoms with van der Waals surface area (Å²) in [7, 11) is 0. The molecule has 6 heteroatoms. The van der Waals surface area contributed by atoms with Gasteiger partial charge < -0.3 is 5.32 Å². The Morgan fingerprint density at radius 2 is 2.04 bits per heavy atom. The topological polar surface area (TPSA) is 42.0 Å². The number of nitrogens with one attached hydrogen (secondary N) is 1. The van der Waals surface area contributed by atoms with Crippen molar-refractivity contribution >= 4 is 17.7 Å². The summed E-state index contributed by atoms with van der Waals surface area (Å²) in [5.41, 5.74) is 2.33. The lowest BCUT2D eigenvalue weighted by molar-refractivity contribution is -0.183. The van der Waals surface area contributed by atoms with E-state index in [1.165, 1.54) is 6.08 Å². The number of rotatable bonds is 5. The molecule has 3 nitrogen and oxygen atoms in total. The third kappa shape index (κ3) is 5.44. The SMILES string of the molecule is C=CC(=O)Nc1cnc(CC)c(/C=C/C2CCC(C(F)(F)F)CC2)c1. The Kier molecular flexibility index (Phi) is 6.39. The average molecular weight is 352 g/mol. The van der Waals surface area contributed by atoms with Crippen molar-refractivity contribution in [3.05, 3.63) is 42.3 Å². The maximum absolute atomic E-state index is 12.7. The van der Waals surface area contributed by atoms with Crippen LogP contribution in [0.3, 0.4) is 0 Å². The average Bonchev–Trinajstić information content (AvgIpc) is 2.59. The fraction of sp³-hybridized carbons (Fsp3) is 0.474. The van der Waals surface area contributed by atoms with Gasteiger partial charge in [-0.25, -0.2) is 0 Å². The zero-order chi connectivity index (χ0) is 18.4. The summed E-state index contributed by atoms with van der Waals surface area (Å²) >= 11 is 0. The van der Waals surface area contributed by atoms with E-state index >= 15 is 0 Å². The van der Waals surface area contributed by atoms with E-state index in [1.807, 2.05) is 25.1 Å². The first kappa shape index (κ1) is 19.2. The van der Waals surface area contributed by atoms with Crippen LogP contribution in [0.4, 0.5) is 18.9 Å². The number of pyridine rings is 1. The summed E-state index contributed by atoms with van der Waals surface area (Å²) in [5, 5.41) is 2.67. The van der Waals surface area contributed by atoms with E-state index in [1.54, 1.807) is 6.20 Å². The minimum atomic E-state index is -4.08. The third-order valence-corrected chi connectivity index (χ3v) is 4.57. The Balaban J connectivity index is 2.05. The van der Waals surface area contributed by atoms with Gasteiger partial charge in [0.05, 0.1) is 17.8 Å². The summed E-state index contributed by atoms with van der Waals surface area (Å²) in [6.07, 6.45) is 4.77. The molecule has 1 N–H and O–H groups in total. The number of hydrogen-bond acceptors (Lipinski definition) is 2. The molecule has 2 rings (SSSR count). The lowest BCUT2D eigenvalue weighted by Gasteiger charge is -2.28. The Morgan fingerprint density at radius 3 is 2.60 bits per heavy atom. The van der Waals surface area contributed by atoms with Gasteiger partial charge in [0.25, 0.3) is 0 Å². The molecule has 0 aromatic carbocycles. The van der Waals surface area contributed by atoms with Gasteiger partial charge in [0.2, 0.25) is 5.91 Å². The zero-order valence-corrected chi connectivity index (χ0v) is 14.3. The van der Waals surface area contributed by atoms with Gasteiger partial charge in [0.1, 0.15) is 0 Å². The number of halogens is 3. The number of aromatic nitrogens is 1. The summed E-state index contributed by atoms with van der Waals surface area (Å²) in [6, 6.07) is 1.82. The van der Waals surface area contributed by atoms with Gasteiger partial charge in [-0.05, 0) is 55.7 Å². The van der Waals surface area contributed by atoms with Crippen LogP contribution in [0.2, 0.25) is 0 Å². The Labute approximate surface area is 146 Å². The van der Waals surface area contributed by atoms with E-state index in [4.69, 9.17) is 0 Å². The first-order valence-electron chi connectivity index (χ1n) is 8.50. The number of alkyl halides is 3. The minimum absolute atomic E-state index is 0.148. The lowest BCUT2D eigenvalue weighted by Crippen LogP contribution is -2.27. The number of amides is 1. The lowest BCUT2D eigenvalue weighted by atomic mass is 9.81. The van der Waals surface area contributed by atoms with Gasteiger partial charge >= 0.3 is 6.18 Å². The number of hydrogen-bond donors (Lipinski definition) is 1. The maximum atomic E-state index is 12.7. The van der Waals surface area contributed by atoms with Crippen LogP contribution in [0.1, 0.15) is 43.9 Å². The number of carbonyl (C=O) groups is 1. The second kappa shape index (κ2) is 8.32. The van der Waals surface area contributed by atoms with E-state index in [2.05, 4.69) is 16.9 Å². The molecule has 1 saturated carbocycles. The van der Waals surface area contributed by atoms with Crippen molar-refractivity contribution in [1.29, 1.82) is 0 Å². The van der Waals surface area contributed by atoms with E-state index in [0.29, 0.717) is 18.5 Å². The molecule has 136 valence electrons. The highest BCUT2D eigenvalue weighted by Crippen LogP contribution is 2.40. The highest BCUT2D eigenvalue weighted by Gasteiger charge is 2.40. The molecule has 1 fully saturated rings. The Hall–Kier alpha value is -2.11. The summed E-state index contributed by atoms with van der Waals surface area (Å²) in [6.45, 7) is 5.39. The van der Waals surface area contributed by atoms with E-state index in [-0.39, 0.29) is 24.7 Å². The molecule has 1 heterocycles. The quantitative estimate of drug-likeness (QED) is 0.745. The first-order chi connectivity index (χ1) is 11.8. The van der Waals surface area contributed by atoms with Crippen molar-refractivity contribution < 1.29 is 18.0 Å². The van der Waals surface area contributed by atoms with Gasteiger partial charge in [0, 0.05) is 5.69 Å². The molecule has 0 aliphatic heterocycles. The van der Waals surface area contributed by atoms with Gasteiger partial charge in [-0.3, -0.25) is 9.78 Å². The van der Waals surface area contributed by atoms with Crippen LogP contribution in [0.25, 0.3) is 6.08 Å². The second-order valence-corrected chi connectivity index (χ2v) is 6.32. The standard InChI is InChI=1S/C19H23F3N2O/c1-3-17-14(11-16(12-23-17)24-18(25)4-2)8-5-13-6-9-15(10-7-13)19(20,21)22/h4-5,8,11-13,15H,2-3,6-7,9-10H2,1H3,(H,24,25)/b8-5+. The molecule has 0 atom stereocenters. The summed E-state index contributed by atoms with van der Waals surface area (Å²) in [4.78, 5) is 15.7. The Bertz CT molecular complexity index is 645. The monoisotopic (exact) mass is 352 g/mol. The fourth-order valence-electron chi connectivity index (χ4n) is 3.09. The number of allylic oxidation sites excluding steroid dienone is 1. The second-order valence-electron chi connectivity index (χ2n) is 6.32. The molecular weight excluding hydrogens is 329 g/mol. The molecule has 25 heavy (non-hydrogen) atoms. The van der Waals surface area contributed by atoms with Gasteiger partial charge in [0.15, 0.2) is 0 Å². The maximum Gasteiger partial charge on any atom is 0.391 e. The van der Waals surface area contributed by atoms with Gasteiger partial charge in [-0.1, -0.05) is 25.7 Å². The van der Waals surface area contributed by atoms with Crippen molar-refractivity contribution in [3.8, 4) is 0 Å². The largest absolute Gasteiger partial charge is 0.391 e. The molecule has 0 unspecified atom stereocenters. The molecule has 1 aromatic heterocycles. The fourth-order valence-corrected chi connectivity index (χ4v) is 3.09. The molecule has 0 radical (unpaired) electrons. The first-order valence-corrected chi connectivity index (χ1v) is 8.50. The van der Waals surface area contributed by atoms with Crippen molar-refractivity contribution in [2.75, 3.05) is 5.32 Å². The number of anilines is 1. The highest BCUT2D eigenvalue weighted by molar-refractivity contribution is 5.98. The van der Waals surface area contributed by atoms with Crippen molar-refractivity contribution in [2.24, 2.45) is 11.8 Å². The molecule has 0 saturated heterocycles. The smallest absolute Gasteiger partial charge is 0.321 e. The van der Waals surface area contributed by atoms with E-state index < -0.39 is 12.1 Å². The highest BCUT2D eigenvalue weighted by atomic mass is 19.4. The van der Waals surface area contributed by atoms with Crippen LogP contribution in [0, 0.1) is 11.8 Å². The predicted molar refractivity (Wildman–Crippen MR) is 93.0 cm³/mol. The third-order valence-electron chi connectivity index (χ3n) is 4.57. The van der Waals surface area contributed by atoms with Crippen LogP contribution in [0.5, 0.6) is 0 Å². The van der Waals surface area contributed by atoms with Crippen molar-refractivity contribution in [3.63, 3.8) is 0 Å². The molecule has 1 aliphatic carbocycles. The minimum Gasteiger partial charge on any atom is -0.321 e. The molecular formula is C19H23F3N2O. The molecule has 1 amide bonds. The van der Waals surface area contributed by atoms with Gasteiger partial charge in [-0.15, -0.1) is 0 Å². The van der Waals surface area contributed by atoms with Gasteiger partial charge in [-0.2, -0.15) is 13.2 Å². The summed E-state index contributed by atoms with van der Waals surface area (Å²) in [5.74, 6) is -1.33. The van der Waals surface area contributed by atoms with Crippen LogP contribution in [-0.4, -0.2) is 17.1 Å². The van der Waals surface area contributed by atoms with E-state index in [9.17, 15) is 18.0 Å². The van der Waals surface area contributed by atoms with Crippen molar-refractivity contribution in [1.82, 2.24) is 4.98 Å². The molecule has 0 bridgehead atoms. The molecule has 0 spiro atoms. The normalized spacial score (nSPS) is 21.3. The van der Waals surface area contributed by atoms with Crippen LogP contribution < -0.4 is 5.32 Å². The zero-order valence-electron chi connectivity index (χ0n) is 14.3. The van der Waals surface area contributed by atoms with Crippen molar-refractivity contribution in [2.45, 2.75) is 45.2 Å². The predicted octanol–water partition coefficient (Wildman–Crippen LogP) is 5.15. The number of carbonyl (C=O) groups excluding carboxylic acids is 1. The van der Waals surface area contributed by atoms with Crippen LogP contribution in [-0.2, 0) is 11.2 Å².